The van der Waals surface area contributed by atoms with Crippen molar-refractivity contribution >= 4 is 26.0 Å². The molecular formula is C15H15BO2P+. The lowest BCUT2D eigenvalue weighted by atomic mass is 10.1. The lowest BCUT2D eigenvalue weighted by Crippen LogP contribution is -2.20. The van der Waals surface area contributed by atoms with Crippen LogP contribution in [0, 0.1) is 0 Å². The van der Waals surface area contributed by atoms with Gasteiger partial charge in [-0.2, -0.15) is 0 Å². The van der Waals surface area contributed by atoms with Gasteiger partial charge in [0.1, 0.15) is 6.16 Å². The van der Waals surface area contributed by atoms with Gasteiger partial charge in [-0.25, -0.2) is 4.79 Å². The zero-order chi connectivity index (χ0) is 13.9. The maximum atomic E-state index is 11.0. The molecule has 1 atom stereocenters. The summed E-state index contributed by atoms with van der Waals surface area (Å²) in [5.41, 5.74) is 2.10. The molecule has 4 heteroatoms. The monoisotopic (exact) mass is 269 g/mol. The average Bonchev–Trinajstić information content (AvgIpc) is 2.38. The van der Waals surface area contributed by atoms with Gasteiger partial charge in [-0.3, -0.25) is 0 Å². The minimum atomic E-state index is -2.15. The van der Waals surface area contributed by atoms with E-state index in [1.807, 2.05) is 61.3 Å². The first-order valence-corrected chi connectivity index (χ1v) is 8.51. The summed E-state index contributed by atoms with van der Waals surface area (Å²) in [5, 5.41) is 9.98. The summed E-state index contributed by atoms with van der Waals surface area (Å²) in [6.45, 7) is 1.86. The van der Waals surface area contributed by atoms with Crippen LogP contribution in [0.1, 0.15) is 0 Å². The molecule has 2 nitrogen and oxygen atoms in total. The molecule has 0 fully saturated rings. The van der Waals surface area contributed by atoms with E-state index in [2.05, 4.69) is 0 Å². The molecule has 19 heavy (non-hydrogen) atoms. The lowest BCUT2D eigenvalue weighted by molar-refractivity contribution is -0.134. The van der Waals surface area contributed by atoms with Crippen molar-refractivity contribution in [3.8, 4) is 11.1 Å². The number of carboxylic acids is 1. The Morgan fingerprint density at radius 3 is 2.32 bits per heavy atom. The Morgan fingerprint density at radius 2 is 1.68 bits per heavy atom. The fourth-order valence-corrected chi connectivity index (χ4v) is 4.06. The molecule has 0 bridgehead atoms. The Bertz CT molecular complexity index is 582. The fourth-order valence-electron chi connectivity index (χ4n) is 2.15. The summed E-state index contributed by atoms with van der Waals surface area (Å²) >= 11 is 0. The van der Waals surface area contributed by atoms with Crippen molar-refractivity contribution in [2.75, 3.05) is 12.8 Å². The number of hydrogen-bond acceptors (Lipinski definition) is 1. The number of rotatable bonds is 4. The number of benzene rings is 2. The topological polar surface area (TPSA) is 37.3 Å². The first-order chi connectivity index (χ1) is 9.00. The van der Waals surface area contributed by atoms with Crippen molar-refractivity contribution in [3.63, 3.8) is 0 Å². The van der Waals surface area contributed by atoms with Crippen molar-refractivity contribution in [2.24, 2.45) is 0 Å². The minimum Gasteiger partial charge on any atom is -0.479 e. The van der Waals surface area contributed by atoms with E-state index in [0.29, 0.717) is 0 Å². The van der Waals surface area contributed by atoms with E-state index in [9.17, 15) is 4.79 Å². The number of carbonyl (C=O) groups is 1. The Morgan fingerprint density at radius 1 is 1.11 bits per heavy atom. The van der Waals surface area contributed by atoms with Crippen LogP contribution in [0.25, 0.3) is 11.1 Å². The normalized spacial score (nSPS) is 13.7. The van der Waals surface area contributed by atoms with Crippen LogP contribution in [-0.4, -0.2) is 31.5 Å². The maximum Gasteiger partial charge on any atom is 0.371 e. The molecule has 0 aromatic heterocycles. The van der Waals surface area contributed by atoms with Gasteiger partial charge < -0.3 is 5.11 Å². The van der Waals surface area contributed by atoms with Crippen molar-refractivity contribution in [1.82, 2.24) is 0 Å². The minimum absolute atomic E-state index is 0.0108. The summed E-state index contributed by atoms with van der Waals surface area (Å²) in [7, 11) is 4.15. The van der Waals surface area contributed by atoms with Gasteiger partial charge in [0.25, 0.3) is 0 Å². The van der Waals surface area contributed by atoms with Crippen molar-refractivity contribution in [3.05, 3.63) is 54.6 Å². The van der Waals surface area contributed by atoms with Gasteiger partial charge in [-0.1, -0.05) is 48.5 Å². The molecule has 0 saturated heterocycles. The van der Waals surface area contributed by atoms with Gasteiger partial charge in [-0.15, -0.1) is 0 Å². The van der Waals surface area contributed by atoms with Crippen LogP contribution in [0.2, 0.25) is 0 Å². The Labute approximate surface area is 115 Å². The predicted octanol–water partition coefficient (Wildman–Crippen LogP) is 2.79. The van der Waals surface area contributed by atoms with Gasteiger partial charge >= 0.3 is 13.5 Å². The quantitative estimate of drug-likeness (QED) is 0.684. The molecule has 1 unspecified atom stereocenters. The van der Waals surface area contributed by atoms with Crippen molar-refractivity contribution in [2.45, 2.75) is 0 Å². The van der Waals surface area contributed by atoms with Crippen LogP contribution in [0.5, 0.6) is 0 Å². The van der Waals surface area contributed by atoms with Crippen LogP contribution in [0.15, 0.2) is 54.6 Å². The van der Waals surface area contributed by atoms with E-state index in [4.69, 9.17) is 12.7 Å². The largest absolute Gasteiger partial charge is 0.479 e. The fraction of sp³-hybridized carbons (Fsp3) is 0.133. The molecular weight excluding hydrogens is 254 g/mol. The van der Waals surface area contributed by atoms with Gasteiger partial charge in [0.15, 0.2) is 0 Å². The van der Waals surface area contributed by atoms with E-state index >= 15 is 0 Å². The molecule has 1 N–H and O–H groups in total. The van der Waals surface area contributed by atoms with E-state index in [0.717, 1.165) is 16.4 Å². The smallest absolute Gasteiger partial charge is 0.371 e. The second kappa shape index (κ2) is 5.58. The van der Waals surface area contributed by atoms with Crippen LogP contribution < -0.4 is 5.30 Å². The molecule has 0 amide bonds. The number of carboxylic acid groups (broad SMARTS) is 1. The first kappa shape index (κ1) is 13.8. The predicted molar refractivity (Wildman–Crippen MR) is 82.6 cm³/mol. The second-order valence-electron chi connectivity index (χ2n) is 4.70. The van der Waals surface area contributed by atoms with Crippen LogP contribution in [0.3, 0.4) is 0 Å². The molecule has 0 saturated carbocycles. The van der Waals surface area contributed by atoms with Crippen LogP contribution >= 0.6 is 7.14 Å². The van der Waals surface area contributed by atoms with E-state index in [1.165, 1.54) is 0 Å². The standard InChI is InChI=1S/C15H15BO2P/c1-19(16,11-15(17)18)14-10-6-5-9-13(14)12-7-3-2-4-8-12/h2-10H,11H2,1H3,(H,17,18)/q+1. The van der Waals surface area contributed by atoms with Crippen LogP contribution in [-0.2, 0) is 4.79 Å². The summed E-state index contributed by atoms with van der Waals surface area (Å²) in [5.74, 6) is -0.846. The zero-order valence-electron chi connectivity index (χ0n) is 10.8. The highest BCUT2D eigenvalue weighted by Gasteiger charge is 2.34. The second-order valence-corrected chi connectivity index (χ2v) is 8.04. The third kappa shape index (κ3) is 3.24. The van der Waals surface area contributed by atoms with Gasteiger partial charge in [0.2, 0.25) is 0 Å². The van der Waals surface area contributed by atoms with E-state index in [1.54, 1.807) is 0 Å². The third-order valence-corrected chi connectivity index (χ3v) is 5.42. The average molecular weight is 269 g/mol. The maximum absolute atomic E-state index is 11.0. The van der Waals surface area contributed by atoms with E-state index in [-0.39, 0.29) is 6.16 Å². The highest BCUT2D eigenvalue weighted by atomic mass is 31.2. The van der Waals surface area contributed by atoms with Gasteiger partial charge in [-0.05, 0) is 11.6 Å². The van der Waals surface area contributed by atoms with Crippen LogP contribution in [0.4, 0.5) is 0 Å². The first-order valence-electron chi connectivity index (χ1n) is 6.01. The highest BCUT2D eigenvalue weighted by molar-refractivity contribution is 8.03. The Kier molecular flexibility index (Phi) is 4.06. The van der Waals surface area contributed by atoms with Gasteiger partial charge in [0, 0.05) is 19.4 Å². The summed E-state index contributed by atoms with van der Waals surface area (Å²) in [6, 6.07) is 17.7. The molecule has 94 valence electrons. The highest BCUT2D eigenvalue weighted by Crippen LogP contribution is 2.50. The van der Waals surface area contributed by atoms with Crippen molar-refractivity contribution < 1.29 is 9.90 Å². The molecule has 2 rings (SSSR count). The molecule has 0 aliphatic carbocycles. The molecule has 0 spiro atoms. The van der Waals surface area contributed by atoms with E-state index < -0.39 is 13.1 Å². The number of hydrogen-bond donors (Lipinski definition) is 1. The third-order valence-electron chi connectivity index (χ3n) is 3.00. The molecule has 0 heterocycles. The SMILES string of the molecule is [B][P+](C)(CC(=O)O)c1ccccc1-c1ccccc1. The lowest BCUT2D eigenvalue weighted by Gasteiger charge is -2.19. The molecule has 2 aromatic carbocycles. The number of aliphatic carboxylic acids is 1. The Hall–Kier alpha value is -1.60. The zero-order valence-corrected chi connectivity index (χ0v) is 11.7. The summed E-state index contributed by atoms with van der Waals surface area (Å²) in [4.78, 5) is 11.0. The summed E-state index contributed by atoms with van der Waals surface area (Å²) in [6.07, 6.45) is 0.0108. The molecule has 2 radical (unpaired) electrons. The van der Waals surface area contributed by atoms with Crippen molar-refractivity contribution in [1.29, 1.82) is 0 Å². The molecule has 2 aromatic rings. The summed E-state index contributed by atoms with van der Waals surface area (Å²) < 4.78 is 0. The molecule has 0 aliphatic rings. The Balaban J connectivity index is 2.50. The molecule has 0 aliphatic heterocycles. The van der Waals surface area contributed by atoms with Gasteiger partial charge in [0.05, 0.1) is 5.30 Å².